The van der Waals surface area contributed by atoms with Crippen LogP contribution in [0.15, 0.2) is 35.0 Å². The van der Waals surface area contributed by atoms with Gasteiger partial charge in [-0.2, -0.15) is 0 Å². The van der Waals surface area contributed by atoms with Gasteiger partial charge in [-0.3, -0.25) is 24.2 Å². The van der Waals surface area contributed by atoms with Crippen LogP contribution in [0.5, 0.6) is 0 Å². The van der Waals surface area contributed by atoms with Crippen molar-refractivity contribution in [3.8, 4) is 0 Å². The minimum absolute atomic E-state index is 0.0566. The molecule has 0 radical (unpaired) electrons. The third-order valence-electron chi connectivity index (χ3n) is 6.12. The van der Waals surface area contributed by atoms with Crippen LogP contribution in [0.2, 0.25) is 0 Å². The average Bonchev–Trinajstić information content (AvgIpc) is 3.12. The minimum Gasteiger partial charge on any atom is -0.376 e. The van der Waals surface area contributed by atoms with Gasteiger partial charge in [-0.1, -0.05) is 12.1 Å². The number of nitrogens with zero attached hydrogens (tertiary/aromatic N) is 2. The van der Waals surface area contributed by atoms with E-state index in [2.05, 4.69) is 15.6 Å². The topological polar surface area (TPSA) is 117 Å². The fourth-order valence-corrected chi connectivity index (χ4v) is 4.13. The molecule has 1 aromatic rings. The van der Waals surface area contributed by atoms with Crippen LogP contribution in [-0.2, 0) is 30.5 Å². The Labute approximate surface area is 191 Å². The standard InChI is InChI=1S/C23H27FN4O5/c1-15-11-16(3-4-18(15)24)12-25-21(32)19(6-9-29)27-22-23(28(2)20(31)14-30)7-5-17(13-26-22)33-10-8-23/h3-4,6,9,11,14,17H,5,7-8,10,12-13H2,1-2H3,(H,25,32)(H,26,27)/b19-6-. The number of benzene rings is 1. The van der Waals surface area contributed by atoms with E-state index in [1.807, 2.05) is 0 Å². The lowest BCUT2D eigenvalue weighted by atomic mass is 9.86. The highest BCUT2D eigenvalue weighted by Gasteiger charge is 2.46. The summed E-state index contributed by atoms with van der Waals surface area (Å²) < 4.78 is 19.3. The second kappa shape index (κ2) is 10.5. The van der Waals surface area contributed by atoms with Gasteiger partial charge in [0.1, 0.15) is 29.2 Å². The van der Waals surface area contributed by atoms with Crippen LogP contribution in [0.1, 0.15) is 30.4 Å². The van der Waals surface area contributed by atoms with Gasteiger partial charge in [0.15, 0.2) is 0 Å². The van der Waals surface area contributed by atoms with Gasteiger partial charge >= 0.3 is 0 Å². The first-order valence-electron chi connectivity index (χ1n) is 10.7. The molecule has 10 heteroatoms. The second-order valence-corrected chi connectivity index (χ2v) is 8.13. The van der Waals surface area contributed by atoms with Gasteiger partial charge in [-0.05, 0) is 37.0 Å². The summed E-state index contributed by atoms with van der Waals surface area (Å²) in [5, 5.41) is 5.65. The summed E-state index contributed by atoms with van der Waals surface area (Å²) in [6.45, 7) is 2.42. The number of hydrogen-bond acceptors (Lipinski definition) is 7. The number of carbonyl (C=O) groups is 4. The summed E-state index contributed by atoms with van der Waals surface area (Å²) in [5.41, 5.74) is 0.105. The maximum absolute atomic E-state index is 13.5. The Bertz CT molecular complexity index is 1010. The van der Waals surface area contributed by atoms with Crippen LogP contribution in [0.25, 0.3) is 0 Å². The Morgan fingerprint density at radius 3 is 2.82 bits per heavy atom. The van der Waals surface area contributed by atoms with Crippen molar-refractivity contribution in [2.75, 3.05) is 20.2 Å². The van der Waals surface area contributed by atoms with Crippen LogP contribution in [0.4, 0.5) is 4.39 Å². The number of carbonyl (C=O) groups excluding carboxylic acids is 4. The Morgan fingerprint density at radius 2 is 2.12 bits per heavy atom. The first kappa shape index (κ1) is 24.2. The molecule has 0 aliphatic carbocycles. The number of nitrogens with one attached hydrogen (secondary N) is 2. The predicted octanol–water partition coefficient (Wildman–Crippen LogP) is 0.800. The molecule has 3 rings (SSSR count). The van der Waals surface area contributed by atoms with Gasteiger partial charge in [0.2, 0.25) is 6.29 Å². The summed E-state index contributed by atoms with van der Waals surface area (Å²) >= 11 is 0. The van der Waals surface area contributed by atoms with Crippen molar-refractivity contribution in [1.29, 1.82) is 0 Å². The molecule has 2 amide bonds. The molecule has 2 aliphatic heterocycles. The summed E-state index contributed by atoms with van der Waals surface area (Å²) in [6.07, 6.45) is 3.11. The zero-order valence-corrected chi connectivity index (χ0v) is 18.6. The van der Waals surface area contributed by atoms with Gasteiger partial charge in [-0.15, -0.1) is 0 Å². The normalized spacial score (nSPS) is 22.5. The highest BCUT2D eigenvalue weighted by atomic mass is 19.1. The Kier molecular flexibility index (Phi) is 7.70. The van der Waals surface area contributed by atoms with Crippen molar-refractivity contribution in [1.82, 2.24) is 15.5 Å². The molecular formula is C23H27FN4O5. The lowest BCUT2D eigenvalue weighted by Gasteiger charge is -2.41. The summed E-state index contributed by atoms with van der Waals surface area (Å²) in [7, 11) is 1.51. The summed E-state index contributed by atoms with van der Waals surface area (Å²) in [6, 6.07) is 4.51. The lowest BCUT2D eigenvalue weighted by Crippen LogP contribution is -2.60. The molecular weight excluding hydrogens is 431 g/mol. The van der Waals surface area contributed by atoms with E-state index < -0.39 is 17.4 Å². The molecule has 0 saturated carbocycles. The Hall–Kier alpha value is -3.40. The number of amides is 2. The first-order valence-corrected chi connectivity index (χ1v) is 10.7. The molecule has 2 aliphatic rings. The fraction of sp³-hybridized carbons (Fsp3) is 0.435. The molecule has 1 fully saturated rings. The molecule has 2 N–H and O–H groups in total. The van der Waals surface area contributed by atoms with Crippen LogP contribution < -0.4 is 10.6 Å². The summed E-state index contributed by atoms with van der Waals surface area (Å²) in [4.78, 5) is 53.5. The van der Waals surface area contributed by atoms with Crippen molar-refractivity contribution >= 4 is 30.2 Å². The van der Waals surface area contributed by atoms with E-state index in [1.165, 1.54) is 18.0 Å². The van der Waals surface area contributed by atoms with E-state index >= 15 is 0 Å². The number of rotatable bonds is 7. The summed E-state index contributed by atoms with van der Waals surface area (Å²) in [5.74, 6) is -1.30. The van der Waals surface area contributed by atoms with E-state index in [0.29, 0.717) is 55.7 Å². The third-order valence-corrected chi connectivity index (χ3v) is 6.12. The highest BCUT2D eigenvalue weighted by Crippen LogP contribution is 2.33. The zero-order valence-electron chi connectivity index (χ0n) is 18.6. The van der Waals surface area contributed by atoms with Gasteiger partial charge in [0.05, 0.1) is 12.6 Å². The predicted molar refractivity (Wildman–Crippen MR) is 118 cm³/mol. The van der Waals surface area contributed by atoms with E-state index in [1.54, 1.807) is 19.1 Å². The number of aliphatic imine (C=N–C) groups is 1. The number of aldehydes is 2. The minimum atomic E-state index is -0.987. The van der Waals surface area contributed by atoms with Crippen molar-refractivity contribution in [2.24, 2.45) is 4.99 Å². The molecule has 9 nitrogen and oxygen atoms in total. The number of ether oxygens (including phenoxy) is 1. The zero-order chi connectivity index (χ0) is 24.0. The molecule has 2 unspecified atom stereocenters. The molecule has 0 spiro atoms. The smallest absolute Gasteiger partial charge is 0.287 e. The molecule has 1 saturated heterocycles. The number of halogens is 1. The number of fused-ring (bicyclic) bond motifs is 3. The fourth-order valence-electron chi connectivity index (χ4n) is 4.13. The van der Waals surface area contributed by atoms with E-state index in [-0.39, 0.29) is 30.4 Å². The number of hydrogen-bond donors (Lipinski definition) is 2. The molecule has 2 heterocycles. The first-order chi connectivity index (χ1) is 15.8. The SMILES string of the molecule is Cc1cc(CNC(=O)/C(=C/C=O)NC2=NCC3CCC2(N(C)C(=O)C=O)CCO3)ccc1F. The van der Waals surface area contributed by atoms with Crippen molar-refractivity contribution in [3.05, 3.63) is 46.9 Å². The van der Waals surface area contributed by atoms with Crippen molar-refractivity contribution in [3.63, 3.8) is 0 Å². The van der Waals surface area contributed by atoms with Gasteiger partial charge in [0.25, 0.3) is 11.8 Å². The molecule has 2 bridgehead atoms. The number of allylic oxidation sites excluding steroid dienone is 1. The largest absolute Gasteiger partial charge is 0.376 e. The molecule has 1 aromatic carbocycles. The second-order valence-electron chi connectivity index (χ2n) is 8.13. The van der Waals surface area contributed by atoms with Crippen LogP contribution >= 0.6 is 0 Å². The van der Waals surface area contributed by atoms with Gasteiger partial charge in [0, 0.05) is 32.7 Å². The molecule has 176 valence electrons. The average molecular weight is 458 g/mol. The number of aryl methyl sites for hydroxylation is 1. The van der Waals surface area contributed by atoms with E-state index in [4.69, 9.17) is 4.74 Å². The maximum Gasteiger partial charge on any atom is 0.287 e. The molecule has 0 aromatic heterocycles. The van der Waals surface area contributed by atoms with Crippen LogP contribution in [0.3, 0.4) is 0 Å². The molecule has 33 heavy (non-hydrogen) atoms. The van der Waals surface area contributed by atoms with Crippen molar-refractivity contribution < 1.29 is 28.3 Å². The lowest BCUT2D eigenvalue weighted by molar-refractivity contribution is -0.140. The monoisotopic (exact) mass is 458 g/mol. The van der Waals surface area contributed by atoms with E-state index in [9.17, 15) is 23.6 Å². The quantitative estimate of drug-likeness (QED) is 0.355. The van der Waals surface area contributed by atoms with Crippen LogP contribution in [0, 0.1) is 12.7 Å². The van der Waals surface area contributed by atoms with Gasteiger partial charge < -0.3 is 20.3 Å². The Morgan fingerprint density at radius 1 is 1.33 bits per heavy atom. The molecule has 2 atom stereocenters. The Balaban J connectivity index is 1.83. The van der Waals surface area contributed by atoms with Gasteiger partial charge in [-0.25, -0.2) is 4.39 Å². The van der Waals surface area contributed by atoms with Crippen molar-refractivity contribution in [2.45, 2.75) is 44.4 Å². The van der Waals surface area contributed by atoms with Crippen LogP contribution in [-0.4, -0.2) is 67.0 Å². The third kappa shape index (κ3) is 5.33. The maximum atomic E-state index is 13.5. The number of likely N-dealkylation sites (N-methyl/N-ethyl adjacent to an activating group) is 1. The number of amidine groups is 1. The highest BCUT2D eigenvalue weighted by molar-refractivity contribution is 6.24. The van der Waals surface area contributed by atoms with E-state index in [0.717, 1.165) is 6.08 Å².